The average molecular weight is 259 g/mol. The minimum Gasteiger partial charge on any atom is -0.312 e. The van der Waals surface area contributed by atoms with E-state index < -0.39 is 0 Å². The Morgan fingerprint density at radius 2 is 2.32 bits per heavy atom. The van der Waals surface area contributed by atoms with Crippen molar-refractivity contribution < 1.29 is 0 Å². The molecule has 19 heavy (non-hydrogen) atoms. The molecule has 2 saturated carbocycles. The van der Waals surface area contributed by atoms with E-state index in [1.165, 1.54) is 25.7 Å². The molecule has 2 bridgehead atoms. The van der Waals surface area contributed by atoms with E-state index in [9.17, 15) is 4.79 Å². The summed E-state index contributed by atoms with van der Waals surface area (Å²) in [7, 11) is 0. The second-order valence-electron chi connectivity index (χ2n) is 6.50. The summed E-state index contributed by atoms with van der Waals surface area (Å²) < 4.78 is 1.75. The fourth-order valence-electron chi connectivity index (χ4n) is 4.31. The van der Waals surface area contributed by atoms with Crippen LogP contribution in [0, 0.1) is 17.8 Å². The average Bonchev–Trinajstić information content (AvgIpc) is 3.02. The predicted octanol–water partition coefficient (Wildman–Crippen LogP) is 1.33. The van der Waals surface area contributed by atoms with E-state index in [1.807, 2.05) is 0 Å². The molecule has 3 atom stereocenters. The zero-order chi connectivity index (χ0) is 12.8. The molecule has 1 N–H and O–H groups in total. The molecule has 2 heterocycles. The maximum atomic E-state index is 12.2. The summed E-state index contributed by atoms with van der Waals surface area (Å²) in [6, 6.07) is 1.79. The Morgan fingerprint density at radius 3 is 3.11 bits per heavy atom. The molecule has 2 fully saturated rings. The van der Waals surface area contributed by atoms with Crippen molar-refractivity contribution in [3.63, 3.8) is 0 Å². The Bertz CT molecular complexity index is 551. The van der Waals surface area contributed by atoms with Gasteiger partial charge in [0.1, 0.15) is 0 Å². The molecule has 4 rings (SSSR count). The summed E-state index contributed by atoms with van der Waals surface area (Å²) in [5, 5.41) is 7.92. The van der Waals surface area contributed by atoms with Crippen LogP contribution >= 0.6 is 0 Å². The van der Waals surface area contributed by atoms with Gasteiger partial charge in [0, 0.05) is 32.1 Å². The maximum Gasteiger partial charge on any atom is 0.267 e. The Labute approximate surface area is 113 Å². The van der Waals surface area contributed by atoms with E-state index in [0.29, 0.717) is 5.92 Å². The highest BCUT2D eigenvalue weighted by Gasteiger charge is 2.39. The molecule has 0 aromatic carbocycles. The monoisotopic (exact) mass is 259 g/mol. The van der Waals surface area contributed by atoms with Gasteiger partial charge in [-0.3, -0.25) is 4.79 Å². The Morgan fingerprint density at radius 1 is 1.37 bits per heavy atom. The topological polar surface area (TPSA) is 46.9 Å². The van der Waals surface area contributed by atoms with Gasteiger partial charge in [0.15, 0.2) is 0 Å². The normalized spacial score (nSPS) is 32.5. The molecule has 0 radical (unpaired) electrons. The fraction of sp³-hybridized carbons (Fsp3) is 0.733. The molecule has 0 amide bonds. The van der Waals surface area contributed by atoms with E-state index in [2.05, 4.69) is 10.4 Å². The third kappa shape index (κ3) is 2.02. The summed E-state index contributed by atoms with van der Waals surface area (Å²) in [5.74, 6) is 2.49. The highest BCUT2D eigenvalue weighted by molar-refractivity contribution is 5.20. The van der Waals surface area contributed by atoms with Crippen molar-refractivity contribution in [1.29, 1.82) is 0 Å². The molecule has 4 nitrogen and oxygen atoms in total. The first kappa shape index (κ1) is 11.6. The third-order valence-corrected chi connectivity index (χ3v) is 5.31. The number of nitrogens with one attached hydrogen (secondary N) is 1. The molecule has 0 saturated heterocycles. The number of hydrogen-bond acceptors (Lipinski definition) is 3. The van der Waals surface area contributed by atoms with Crippen molar-refractivity contribution in [2.75, 3.05) is 6.54 Å². The van der Waals surface area contributed by atoms with E-state index >= 15 is 0 Å². The Balaban J connectivity index is 1.59. The second-order valence-corrected chi connectivity index (χ2v) is 6.50. The summed E-state index contributed by atoms with van der Waals surface area (Å²) in [5.41, 5.74) is 2.31. The van der Waals surface area contributed by atoms with E-state index in [-0.39, 0.29) is 5.56 Å². The van der Waals surface area contributed by atoms with Crippen molar-refractivity contribution in [3.8, 4) is 0 Å². The number of nitrogens with zero attached hydrogens (tertiary/aromatic N) is 2. The number of rotatable bonds is 2. The van der Waals surface area contributed by atoms with Gasteiger partial charge in [-0.2, -0.15) is 5.10 Å². The molecule has 3 aliphatic rings. The molecular weight excluding hydrogens is 238 g/mol. The first-order chi connectivity index (χ1) is 9.29. The van der Waals surface area contributed by atoms with Gasteiger partial charge < -0.3 is 5.32 Å². The van der Waals surface area contributed by atoms with Gasteiger partial charge in [0.25, 0.3) is 5.56 Å². The highest BCUT2D eigenvalue weighted by atomic mass is 16.1. The molecule has 1 aromatic heterocycles. The SMILES string of the molecule is O=c1cc2c(nn1CC1CC3CCC1C3)CCNC2. The molecule has 2 aliphatic carbocycles. The van der Waals surface area contributed by atoms with Crippen molar-refractivity contribution in [1.82, 2.24) is 15.1 Å². The largest absolute Gasteiger partial charge is 0.312 e. The molecule has 4 heteroatoms. The molecule has 0 spiro atoms. The van der Waals surface area contributed by atoms with Crippen LogP contribution in [0.1, 0.15) is 36.9 Å². The lowest BCUT2D eigenvalue weighted by Gasteiger charge is -2.23. The zero-order valence-corrected chi connectivity index (χ0v) is 11.3. The van der Waals surface area contributed by atoms with Crippen LogP contribution in [-0.2, 0) is 19.5 Å². The van der Waals surface area contributed by atoms with Crippen molar-refractivity contribution >= 4 is 0 Å². The minimum absolute atomic E-state index is 0.0882. The Hall–Kier alpha value is -1.16. The molecular formula is C15H21N3O. The lowest BCUT2D eigenvalue weighted by molar-refractivity contribution is 0.279. The Kier molecular flexibility index (Phi) is 2.72. The first-order valence-electron chi connectivity index (χ1n) is 7.60. The van der Waals surface area contributed by atoms with E-state index in [0.717, 1.165) is 49.1 Å². The fourth-order valence-corrected chi connectivity index (χ4v) is 4.31. The van der Waals surface area contributed by atoms with E-state index in [4.69, 9.17) is 0 Å². The van der Waals surface area contributed by atoms with Crippen LogP contribution in [0.5, 0.6) is 0 Å². The van der Waals surface area contributed by atoms with Crippen LogP contribution in [0.4, 0.5) is 0 Å². The summed E-state index contributed by atoms with van der Waals surface area (Å²) in [6.45, 7) is 2.62. The molecule has 1 aliphatic heterocycles. The summed E-state index contributed by atoms with van der Waals surface area (Å²) >= 11 is 0. The lowest BCUT2D eigenvalue weighted by Crippen LogP contribution is -2.33. The van der Waals surface area contributed by atoms with Crippen LogP contribution < -0.4 is 10.9 Å². The van der Waals surface area contributed by atoms with E-state index in [1.54, 1.807) is 10.7 Å². The van der Waals surface area contributed by atoms with Gasteiger partial charge in [0.2, 0.25) is 0 Å². The summed E-state index contributed by atoms with van der Waals surface area (Å²) in [4.78, 5) is 12.2. The van der Waals surface area contributed by atoms with Crippen LogP contribution in [-0.4, -0.2) is 16.3 Å². The second kappa shape index (κ2) is 4.44. The van der Waals surface area contributed by atoms with Gasteiger partial charge in [-0.05, 0) is 42.6 Å². The number of hydrogen-bond donors (Lipinski definition) is 1. The van der Waals surface area contributed by atoms with Gasteiger partial charge in [-0.25, -0.2) is 4.68 Å². The number of fused-ring (bicyclic) bond motifs is 3. The highest BCUT2D eigenvalue weighted by Crippen LogP contribution is 2.48. The smallest absolute Gasteiger partial charge is 0.267 e. The quantitative estimate of drug-likeness (QED) is 0.871. The zero-order valence-electron chi connectivity index (χ0n) is 11.3. The molecule has 102 valence electrons. The maximum absolute atomic E-state index is 12.2. The van der Waals surface area contributed by atoms with Gasteiger partial charge >= 0.3 is 0 Å². The predicted molar refractivity (Wildman–Crippen MR) is 72.8 cm³/mol. The van der Waals surface area contributed by atoms with Crippen LogP contribution in [0.3, 0.4) is 0 Å². The van der Waals surface area contributed by atoms with Crippen molar-refractivity contribution in [3.05, 3.63) is 27.7 Å². The van der Waals surface area contributed by atoms with Crippen LogP contribution in [0.2, 0.25) is 0 Å². The van der Waals surface area contributed by atoms with Gasteiger partial charge in [-0.15, -0.1) is 0 Å². The first-order valence-corrected chi connectivity index (χ1v) is 7.60. The summed E-state index contributed by atoms with van der Waals surface area (Å²) in [6.07, 6.45) is 6.45. The minimum atomic E-state index is 0.0882. The van der Waals surface area contributed by atoms with Crippen LogP contribution in [0.25, 0.3) is 0 Å². The van der Waals surface area contributed by atoms with Crippen LogP contribution in [0.15, 0.2) is 10.9 Å². The molecule has 1 aromatic rings. The van der Waals surface area contributed by atoms with Gasteiger partial charge in [-0.1, -0.05) is 6.42 Å². The van der Waals surface area contributed by atoms with Crippen molar-refractivity contribution in [2.45, 2.75) is 45.2 Å². The number of aromatic nitrogens is 2. The van der Waals surface area contributed by atoms with Gasteiger partial charge in [0.05, 0.1) is 5.69 Å². The standard InChI is InChI=1S/C15H21N3O/c19-15-7-12-8-16-4-3-14(12)17-18(15)9-13-6-10-1-2-11(13)5-10/h7,10-11,13,16H,1-6,8-9H2. The third-order valence-electron chi connectivity index (χ3n) is 5.31. The molecule has 3 unspecified atom stereocenters. The van der Waals surface area contributed by atoms with Crippen molar-refractivity contribution in [2.24, 2.45) is 17.8 Å². The lowest BCUT2D eigenvalue weighted by atomic mass is 9.89.